The number of hydrogen-bond donors (Lipinski definition) is 2. The third-order valence-corrected chi connectivity index (χ3v) is 6.71. The lowest BCUT2D eigenvalue weighted by atomic mass is 9.97. The van der Waals surface area contributed by atoms with Crippen LogP contribution in [-0.4, -0.2) is 34.0 Å². The smallest absolute Gasteiger partial charge is 0.340 e. The highest BCUT2D eigenvalue weighted by Crippen LogP contribution is 2.31. The monoisotopic (exact) mass is 483 g/mol. The molecule has 166 valence electrons. The summed E-state index contributed by atoms with van der Waals surface area (Å²) in [6, 6.07) is 10.1. The molecule has 0 fully saturated rings. The van der Waals surface area contributed by atoms with Crippen molar-refractivity contribution in [2.45, 2.75) is 19.9 Å². The van der Waals surface area contributed by atoms with Gasteiger partial charge in [-0.15, -0.1) is 0 Å². The summed E-state index contributed by atoms with van der Waals surface area (Å²) in [6.07, 6.45) is 0.172. The van der Waals surface area contributed by atoms with Gasteiger partial charge < -0.3 is 9.32 Å². The third-order valence-electron chi connectivity index (χ3n) is 5.01. The highest BCUT2D eigenvalue weighted by molar-refractivity contribution is 7.90. The maximum atomic E-state index is 12.9. The Morgan fingerprint density at radius 3 is 2.55 bits per heavy atom. The molecule has 0 atom stereocenters. The molecule has 0 spiro atoms. The molecule has 0 aliphatic carbocycles. The molecule has 10 heteroatoms. The first-order valence-electron chi connectivity index (χ1n) is 9.56. The number of benzene rings is 2. The molecule has 0 unspecified atom stereocenters. The zero-order valence-corrected chi connectivity index (χ0v) is 19.7. The number of anilines is 1. The summed E-state index contributed by atoms with van der Waals surface area (Å²) in [5.74, 6) is 0. The standard InChI is InChI=1S/C21H23Cl2N3O4S/c1-4-26(3)12-17-15-11-14(22)8-9-19(15)30-21(27)16(17)10-13-6-5-7-18(20(13)23)25-31(28,29)24-2/h5-9,11,24-25H,4,10,12H2,1-3H3. The summed E-state index contributed by atoms with van der Waals surface area (Å²) in [7, 11) is -0.493. The number of hydrogen-bond acceptors (Lipinski definition) is 5. The van der Waals surface area contributed by atoms with Gasteiger partial charge in [0.25, 0.3) is 10.2 Å². The van der Waals surface area contributed by atoms with E-state index in [9.17, 15) is 13.2 Å². The van der Waals surface area contributed by atoms with Crippen LogP contribution in [0.5, 0.6) is 0 Å². The first-order valence-corrected chi connectivity index (χ1v) is 11.8. The van der Waals surface area contributed by atoms with E-state index >= 15 is 0 Å². The lowest BCUT2D eigenvalue weighted by molar-refractivity contribution is 0.344. The van der Waals surface area contributed by atoms with E-state index in [0.717, 1.165) is 17.5 Å². The Hall–Kier alpha value is -2.10. The zero-order valence-electron chi connectivity index (χ0n) is 17.3. The van der Waals surface area contributed by atoms with Gasteiger partial charge in [0.15, 0.2) is 0 Å². The molecule has 0 bridgehead atoms. The molecule has 1 aromatic heterocycles. The van der Waals surface area contributed by atoms with Crippen LogP contribution in [-0.2, 0) is 23.2 Å². The normalized spacial score (nSPS) is 11.9. The molecule has 0 saturated heterocycles. The van der Waals surface area contributed by atoms with Crippen molar-refractivity contribution in [3.8, 4) is 0 Å². The topological polar surface area (TPSA) is 91.7 Å². The highest BCUT2D eigenvalue weighted by atomic mass is 35.5. The van der Waals surface area contributed by atoms with Crippen molar-refractivity contribution in [2.75, 3.05) is 25.4 Å². The summed E-state index contributed by atoms with van der Waals surface area (Å²) in [6.45, 7) is 3.32. The molecule has 1 heterocycles. The summed E-state index contributed by atoms with van der Waals surface area (Å²) in [4.78, 5) is 15.0. The quantitative estimate of drug-likeness (QED) is 0.472. The number of nitrogens with one attached hydrogen (secondary N) is 2. The minimum atomic E-state index is -3.74. The van der Waals surface area contributed by atoms with Gasteiger partial charge in [-0.3, -0.25) is 4.72 Å². The molecule has 2 N–H and O–H groups in total. The van der Waals surface area contributed by atoms with E-state index in [4.69, 9.17) is 27.6 Å². The average molecular weight is 484 g/mol. The number of fused-ring (bicyclic) bond motifs is 1. The summed E-state index contributed by atoms with van der Waals surface area (Å²) in [5.41, 5.74) is 2.05. The van der Waals surface area contributed by atoms with Crippen LogP contribution in [0.15, 0.2) is 45.6 Å². The van der Waals surface area contributed by atoms with E-state index in [1.807, 2.05) is 14.0 Å². The van der Waals surface area contributed by atoms with Crippen molar-refractivity contribution in [1.29, 1.82) is 0 Å². The second-order valence-corrected chi connectivity index (χ2v) is 9.52. The Balaban J connectivity index is 2.14. The van der Waals surface area contributed by atoms with Crippen LogP contribution < -0.4 is 15.1 Å². The molecular weight excluding hydrogens is 461 g/mol. The average Bonchev–Trinajstić information content (AvgIpc) is 2.73. The van der Waals surface area contributed by atoms with Crippen LogP contribution in [0.3, 0.4) is 0 Å². The molecule has 0 aliphatic heterocycles. The Bertz CT molecular complexity index is 1280. The number of nitrogens with zero attached hydrogens (tertiary/aromatic N) is 1. The molecule has 3 aromatic rings. The van der Waals surface area contributed by atoms with Crippen molar-refractivity contribution in [2.24, 2.45) is 0 Å². The molecule has 0 amide bonds. The van der Waals surface area contributed by atoms with E-state index in [2.05, 4.69) is 14.3 Å². The zero-order chi connectivity index (χ0) is 22.8. The maximum Gasteiger partial charge on any atom is 0.340 e. The second-order valence-electron chi connectivity index (χ2n) is 7.08. The van der Waals surface area contributed by atoms with Crippen molar-refractivity contribution >= 4 is 50.1 Å². The van der Waals surface area contributed by atoms with Crippen molar-refractivity contribution in [3.63, 3.8) is 0 Å². The van der Waals surface area contributed by atoms with Crippen molar-refractivity contribution in [3.05, 3.63) is 73.6 Å². The fraction of sp³-hybridized carbons (Fsp3) is 0.286. The van der Waals surface area contributed by atoms with Crippen LogP contribution >= 0.6 is 23.2 Å². The van der Waals surface area contributed by atoms with Crippen molar-refractivity contribution < 1.29 is 12.8 Å². The van der Waals surface area contributed by atoms with Crippen LogP contribution in [0.2, 0.25) is 10.0 Å². The van der Waals surface area contributed by atoms with E-state index in [1.165, 1.54) is 7.05 Å². The van der Waals surface area contributed by atoms with E-state index in [0.29, 0.717) is 28.3 Å². The first-order chi connectivity index (χ1) is 14.6. The van der Waals surface area contributed by atoms with Gasteiger partial charge in [-0.25, -0.2) is 9.52 Å². The summed E-state index contributed by atoms with van der Waals surface area (Å²) < 4.78 is 33.8. The van der Waals surface area contributed by atoms with Crippen LogP contribution in [0, 0.1) is 0 Å². The van der Waals surface area contributed by atoms with Gasteiger partial charge in [-0.1, -0.05) is 42.3 Å². The summed E-state index contributed by atoms with van der Waals surface area (Å²) >= 11 is 12.7. The van der Waals surface area contributed by atoms with Gasteiger partial charge in [0.05, 0.1) is 10.7 Å². The van der Waals surface area contributed by atoms with Crippen LogP contribution in [0.25, 0.3) is 11.0 Å². The Morgan fingerprint density at radius 2 is 1.87 bits per heavy atom. The van der Waals surface area contributed by atoms with Gasteiger partial charge in [0.1, 0.15) is 5.58 Å². The minimum absolute atomic E-state index is 0.172. The van der Waals surface area contributed by atoms with Gasteiger partial charge in [0.2, 0.25) is 0 Å². The molecular formula is C21H23Cl2N3O4S. The Kier molecular flexibility index (Phi) is 7.28. The lowest BCUT2D eigenvalue weighted by Gasteiger charge is -2.19. The van der Waals surface area contributed by atoms with E-state index in [-0.39, 0.29) is 17.1 Å². The summed E-state index contributed by atoms with van der Waals surface area (Å²) in [5, 5.41) is 1.50. The van der Waals surface area contributed by atoms with E-state index in [1.54, 1.807) is 36.4 Å². The molecule has 3 rings (SSSR count). The largest absolute Gasteiger partial charge is 0.422 e. The molecule has 7 nitrogen and oxygen atoms in total. The van der Waals surface area contributed by atoms with Crippen molar-refractivity contribution in [1.82, 2.24) is 9.62 Å². The molecule has 31 heavy (non-hydrogen) atoms. The van der Waals surface area contributed by atoms with Gasteiger partial charge in [0, 0.05) is 36.0 Å². The lowest BCUT2D eigenvalue weighted by Crippen LogP contribution is -2.26. The fourth-order valence-corrected chi connectivity index (χ4v) is 4.23. The second kappa shape index (κ2) is 9.58. The predicted octanol–water partition coefficient (Wildman–Crippen LogP) is 4.02. The number of halogens is 2. The molecule has 2 aromatic carbocycles. The van der Waals surface area contributed by atoms with Gasteiger partial charge in [-0.05, 0) is 49.0 Å². The molecule has 0 radical (unpaired) electrons. The van der Waals surface area contributed by atoms with Crippen LogP contribution in [0.4, 0.5) is 5.69 Å². The van der Waals surface area contributed by atoms with Crippen LogP contribution in [0.1, 0.15) is 23.6 Å². The molecule has 0 aliphatic rings. The first kappa shape index (κ1) is 23.6. The molecule has 0 saturated carbocycles. The Labute approximate surface area is 191 Å². The maximum absolute atomic E-state index is 12.9. The fourth-order valence-electron chi connectivity index (χ4n) is 3.20. The van der Waals surface area contributed by atoms with E-state index < -0.39 is 15.8 Å². The minimum Gasteiger partial charge on any atom is -0.422 e. The predicted molar refractivity (Wildman–Crippen MR) is 125 cm³/mol. The van der Waals surface area contributed by atoms with Gasteiger partial charge in [-0.2, -0.15) is 8.42 Å². The Morgan fingerprint density at radius 1 is 1.13 bits per heavy atom. The third kappa shape index (κ3) is 5.39. The SMILES string of the molecule is CCN(C)Cc1c(Cc2cccc(NS(=O)(=O)NC)c2Cl)c(=O)oc2ccc(Cl)cc12. The number of rotatable bonds is 8. The van der Waals surface area contributed by atoms with Gasteiger partial charge >= 0.3 is 5.63 Å². The highest BCUT2D eigenvalue weighted by Gasteiger charge is 2.19.